The molecule has 204 valence electrons. The van der Waals surface area contributed by atoms with E-state index in [1.165, 1.54) is 0 Å². The Kier molecular flexibility index (Phi) is 9.42. The van der Waals surface area contributed by atoms with Gasteiger partial charge in [-0.1, -0.05) is 19.1 Å². The van der Waals surface area contributed by atoms with E-state index >= 15 is 0 Å². The van der Waals surface area contributed by atoms with E-state index < -0.39 is 17.7 Å². The van der Waals surface area contributed by atoms with E-state index in [-0.39, 0.29) is 17.4 Å². The van der Waals surface area contributed by atoms with Crippen LogP contribution >= 0.6 is 0 Å². The SMILES string of the molecule is CCCOc1ccc([C@@H]2/C(=C(\O)c3ccc(OC(C)C)cc3)C(=O)C(=O)N2CCCN2CCOCC2)cc1. The Morgan fingerprint density at radius 2 is 1.66 bits per heavy atom. The molecule has 2 heterocycles. The molecule has 2 aromatic carbocycles. The zero-order valence-electron chi connectivity index (χ0n) is 22.5. The van der Waals surface area contributed by atoms with Gasteiger partial charge in [0.15, 0.2) is 0 Å². The fourth-order valence-electron chi connectivity index (χ4n) is 4.83. The van der Waals surface area contributed by atoms with Crippen LogP contribution < -0.4 is 9.47 Å². The Balaban J connectivity index is 1.64. The zero-order chi connectivity index (χ0) is 27.1. The molecule has 2 aromatic rings. The van der Waals surface area contributed by atoms with Crippen molar-refractivity contribution in [2.45, 2.75) is 45.8 Å². The van der Waals surface area contributed by atoms with E-state index in [2.05, 4.69) is 4.90 Å². The van der Waals surface area contributed by atoms with Crippen LogP contribution in [-0.2, 0) is 14.3 Å². The number of ketones is 1. The summed E-state index contributed by atoms with van der Waals surface area (Å²) in [6.45, 7) is 10.9. The number of amides is 1. The van der Waals surface area contributed by atoms with Crippen molar-refractivity contribution in [2.24, 2.45) is 0 Å². The molecule has 0 aliphatic carbocycles. The van der Waals surface area contributed by atoms with Gasteiger partial charge in [0, 0.05) is 31.7 Å². The molecule has 4 rings (SSSR count). The number of carbonyl (C=O) groups excluding carboxylic acids is 2. The highest BCUT2D eigenvalue weighted by Gasteiger charge is 2.45. The van der Waals surface area contributed by atoms with E-state index in [1.807, 2.05) is 45.0 Å². The standard InChI is InChI=1S/C30H38N2O6/c1-4-18-37-24-10-6-22(7-11-24)27-26(28(33)23-8-12-25(13-9-23)38-21(2)3)29(34)30(35)32(27)15-5-14-31-16-19-36-20-17-31/h6-13,21,27,33H,4-5,14-20H2,1-3H3/b28-26+/t27-/m1/s1. The van der Waals surface area contributed by atoms with Gasteiger partial charge in [-0.05, 0) is 68.7 Å². The molecule has 1 amide bonds. The Hall–Kier alpha value is -3.36. The minimum Gasteiger partial charge on any atom is -0.507 e. The van der Waals surface area contributed by atoms with E-state index in [4.69, 9.17) is 14.2 Å². The summed E-state index contributed by atoms with van der Waals surface area (Å²) in [5.74, 6) is -0.0661. The van der Waals surface area contributed by atoms with Crippen LogP contribution in [0.25, 0.3) is 5.76 Å². The van der Waals surface area contributed by atoms with Crippen LogP contribution in [0.1, 0.15) is 50.8 Å². The Morgan fingerprint density at radius 1 is 1.00 bits per heavy atom. The predicted molar refractivity (Wildman–Crippen MR) is 145 cm³/mol. The third kappa shape index (κ3) is 6.55. The summed E-state index contributed by atoms with van der Waals surface area (Å²) in [6.07, 6.45) is 1.62. The molecule has 38 heavy (non-hydrogen) atoms. The number of Topliss-reactive ketones (excluding diaryl/α,β-unsaturated/α-hetero) is 1. The van der Waals surface area contributed by atoms with E-state index in [0.29, 0.717) is 44.1 Å². The van der Waals surface area contributed by atoms with Gasteiger partial charge in [-0.25, -0.2) is 0 Å². The second kappa shape index (κ2) is 12.9. The molecule has 1 N–H and O–H groups in total. The topological polar surface area (TPSA) is 88.5 Å². The fraction of sp³-hybridized carbons (Fsp3) is 0.467. The van der Waals surface area contributed by atoms with E-state index in [9.17, 15) is 14.7 Å². The van der Waals surface area contributed by atoms with Gasteiger partial charge in [0.05, 0.1) is 37.5 Å². The molecule has 2 fully saturated rings. The highest BCUT2D eigenvalue weighted by Crippen LogP contribution is 2.40. The molecule has 2 aliphatic heterocycles. The lowest BCUT2D eigenvalue weighted by atomic mass is 9.95. The Bertz CT molecular complexity index is 1120. The molecule has 0 unspecified atom stereocenters. The van der Waals surface area contributed by atoms with Crippen LogP contribution in [0.4, 0.5) is 0 Å². The molecule has 8 nitrogen and oxygen atoms in total. The molecular formula is C30H38N2O6. The lowest BCUT2D eigenvalue weighted by Gasteiger charge is -2.29. The smallest absolute Gasteiger partial charge is 0.295 e. The number of rotatable bonds is 11. The number of morpholine rings is 1. The van der Waals surface area contributed by atoms with Gasteiger partial charge in [-0.2, -0.15) is 0 Å². The highest BCUT2D eigenvalue weighted by atomic mass is 16.5. The second-order valence-corrected chi connectivity index (χ2v) is 9.91. The van der Waals surface area contributed by atoms with E-state index in [1.54, 1.807) is 29.2 Å². The summed E-state index contributed by atoms with van der Waals surface area (Å²) in [5, 5.41) is 11.3. The van der Waals surface area contributed by atoms with Crippen LogP contribution in [0.3, 0.4) is 0 Å². The second-order valence-electron chi connectivity index (χ2n) is 9.91. The first-order valence-corrected chi connectivity index (χ1v) is 13.5. The van der Waals surface area contributed by atoms with Crippen molar-refractivity contribution in [2.75, 3.05) is 46.0 Å². The normalized spacial score (nSPS) is 19.8. The average Bonchev–Trinajstić information content (AvgIpc) is 3.17. The number of hydrogen-bond acceptors (Lipinski definition) is 7. The van der Waals surface area contributed by atoms with Crippen molar-refractivity contribution in [3.63, 3.8) is 0 Å². The lowest BCUT2D eigenvalue weighted by molar-refractivity contribution is -0.140. The van der Waals surface area contributed by atoms with Gasteiger partial charge >= 0.3 is 0 Å². The number of carbonyl (C=O) groups is 2. The summed E-state index contributed by atoms with van der Waals surface area (Å²) in [6, 6.07) is 13.6. The summed E-state index contributed by atoms with van der Waals surface area (Å²) < 4.78 is 16.8. The van der Waals surface area contributed by atoms with E-state index in [0.717, 1.165) is 37.4 Å². The first-order chi connectivity index (χ1) is 18.4. The van der Waals surface area contributed by atoms with Gasteiger partial charge in [-0.15, -0.1) is 0 Å². The van der Waals surface area contributed by atoms with Crippen molar-refractivity contribution in [3.05, 3.63) is 65.2 Å². The third-order valence-electron chi connectivity index (χ3n) is 6.69. The van der Waals surface area contributed by atoms with Crippen LogP contribution in [0.15, 0.2) is 54.1 Å². The molecular weight excluding hydrogens is 484 g/mol. The predicted octanol–water partition coefficient (Wildman–Crippen LogP) is 4.41. The lowest BCUT2D eigenvalue weighted by Crippen LogP contribution is -2.38. The Morgan fingerprint density at radius 3 is 2.29 bits per heavy atom. The molecule has 0 spiro atoms. The molecule has 0 aromatic heterocycles. The van der Waals surface area contributed by atoms with Crippen LogP contribution in [0, 0.1) is 0 Å². The quantitative estimate of drug-likeness (QED) is 0.266. The number of ether oxygens (including phenoxy) is 3. The number of benzene rings is 2. The summed E-state index contributed by atoms with van der Waals surface area (Å²) in [5.41, 5.74) is 1.31. The average molecular weight is 523 g/mol. The van der Waals surface area contributed by atoms with Gasteiger partial charge < -0.3 is 24.2 Å². The maximum atomic E-state index is 13.3. The molecule has 2 aliphatic rings. The monoisotopic (exact) mass is 522 g/mol. The highest BCUT2D eigenvalue weighted by molar-refractivity contribution is 6.46. The first kappa shape index (κ1) is 27.7. The van der Waals surface area contributed by atoms with Crippen molar-refractivity contribution in [3.8, 4) is 11.5 Å². The molecule has 1 atom stereocenters. The Labute approximate surface area is 224 Å². The molecule has 0 bridgehead atoms. The fourth-order valence-corrected chi connectivity index (χ4v) is 4.83. The number of aliphatic hydroxyl groups is 1. The minimum absolute atomic E-state index is 0.0153. The summed E-state index contributed by atoms with van der Waals surface area (Å²) >= 11 is 0. The first-order valence-electron chi connectivity index (χ1n) is 13.5. The number of likely N-dealkylation sites (tertiary alicyclic amines) is 1. The zero-order valence-corrected chi connectivity index (χ0v) is 22.5. The minimum atomic E-state index is -0.688. The van der Waals surface area contributed by atoms with Crippen molar-refractivity contribution < 1.29 is 28.9 Å². The van der Waals surface area contributed by atoms with Crippen molar-refractivity contribution >= 4 is 17.4 Å². The third-order valence-corrected chi connectivity index (χ3v) is 6.69. The largest absolute Gasteiger partial charge is 0.507 e. The van der Waals surface area contributed by atoms with Gasteiger partial charge in [0.1, 0.15) is 17.3 Å². The molecule has 0 saturated carbocycles. The number of aliphatic hydroxyl groups excluding tert-OH is 1. The van der Waals surface area contributed by atoms with Gasteiger partial charge in [0.2, 0.25) is 0 Å². The maximum absolute atomic E-state index is 13.3. The maximum Gasteiger partial charge on any atom is 0.295 e. The van der Waals surface area contributed by atoms with Gasteiger partial charge in [0.25, 0.3) is 11.7 Å². The van der Waals surface area contributed by atoms with Crippen LogP contribution in [0.2, 0.25) is 0 Å². The molecule has 0 radical (unpaired) electrons. The van der Waals surface area contributed by atoms with Crippen molar-refractivity contribution in [1.29, 1.82) is 0 Å². The molecule has 8 heteroatoms. The summed E-state index contributed by atoms with van der Waals surface area (Å²) in [7, 11) is 0. The van der Waals surface area contributed by atoms with Gasteiger partial charge in [-0.3, -0.25) is 14.5 Å². The molecule has 2 saturated heterocycles. The van der Waals surface area contributed by atoms with Crippen LogP contribution in [-0.4, -0.2) is 78.7 Å². The number of nitrogens with zero attached hydrogens (tertiary/aromatic N) is 2. The van der Waals surface area contributed by atoms with Crippen LogP contribution in [0.5, 0.6) is 11.5 Å². The number of hydrogen-bond donors (Lipinski definition) is 1. The van der Waals surface area contributed by atoms with Crippen molar-refractivity contribution in [1.82, 2.24) is 9.80 Å². The summed E-state index contributed by atoms with van der Waals surface area (Å²) in [4.78, 5) is 30.5.